The highest BCUT2D eigenvalue weighted by Gasteiger charge is 2.39. The van der Waals surface area contributed by atoms with Crippen molar-refractivity contribution in [1.82, 2.24) is 4.90 Å². The summed E-state index contributed by atoms with van der Waals surface area (Å²) in [6, 6.07) is 4.20. The van der Waals surface area contributed by atoms with E-state index in [4.69, 9.17) is 5.11 Å². The van der Waals surface area contributed by atoms with Gasteiger partial charge in [-0.05, 0) is 24.3 Å². The van der Waals surface area contributed by atoms with Crippen molar-refractivity contribution in [2.45, 2.75) is 23.5 Å². The number of aliphatic hydroxyl groups excluding tert-OH is 1. The number of carboxylic acid groups (broad SMARTS) is 1. The number of aliphatic carboxylic acids is 1. The number of hydrogen-bond acceptors (Lipinski definition) is 5. The van der Waals surface area contributed by atoms with E-state index in [0.29, 0.717) is 0 Å². The largest absolute Gasteiger partial charge is 0.480 e. The lowest BCUT2D eigenvalue weighted by Crippen LogP contribution is -2.40. The monoisotopic (exact) mass is 313 g/mol. The minimum Gasteiger partial charge on any atom is -0.480 e. The van der Waals surface area contributed by atoms with Gasteiger partial charge in [0, 0.05) is 24.8 Å². The topological polar surface area (TPSA) is 112 Å². The third-order valence-electron chi connectivity index (χ3n) is 3.35. The van der Waals surface area contributed by atoms with Gasteiger partial charge in [0.2, 0.25) is 0 Å². The zero-order valence-corrected chi connectivity index (χ0v) is 12.1. The summed E-state index contributed by atoms with van der Waals surface area (Å²) in [4.78, 5) is 24.5. The van der Waals surface area contributed by atoms with Crippen LogP contribution in [0, 0.1) is 0 Å². The molecule has 114 valence electrons. The van der Waals surface area contributed by atoms with Gasteiger partial charge in [-0.15, -0.1) is 0 Å². The summed E-state index contributed by atoms with van der Waals surface area (Å²) in [5.74, 6) is -1.72. The van der Waals surface area contributed by atoms with Crippen molar-refractivity contribution in [3.63, 3.8) is 0 Å². The molecule has 1 aliphatic rings. The molecule has 2 atom stereocenters. The molecule has 1 heterocycles. The molecule has 1 fully saturated rings. The fourth-order valence-electron chi connectivity index (χ4n) is 2.28. The number of carbonyl (C=O) groups excluding carboxylic acids is 1. The van der Waals surface area contributed by atoms with Crippen molar-refractivity contribution in [3.05, 3.63) is 29.8 Å². The van der Waals surface area contributed by atoms with Gasteiger partial charge in [0.1, 0.15) is 6.04 Å². The first-order valence-electron chi connectivity index (χ1n) is 6.22. The predicted octanol–water partition coefficient (Wildman–Crippen LogP) is -0.250. The van der Waals surface area contributed by atoms with Gasteiger partial charge in [-0.25, -0.2) is 13.2 Å². The molecule has 21 heavy (non-hydrogen) atoms. The molecule has 2 rings (SSSR count). The quantitative estimate of drug-likeness (QED) is 0.796. The lowest BCUT2D eigenvalue weighted by atomic mass is 10.1. The van der Waals surface area contributed by atoms with E-state index in [2.05, 4.69) is 0 Å². The molecule has 0 aliphatic carbocycles. The van der Waals surface area contributed by atoms with Crippen LogP contribution in [0.15, 0.2) is 29.2 Å². The highest BCUT2D eigenvalue weighted by atomic mass is 32.2. The van der Waals surface area contributed by atoms with Crippen LogP contribution in [-0.2, 0) is 14.6 Å². The molecule has 1 saturated heterocycles. The van der Waals surface area contributed by atoms with Crippen LogP contribution in [0.2, 0.25) is 0 Å². The number of aliphatic hydroxyl groups is 1. The molecule has 1 amide bonds. The van der Waals surface area contributed by atoms with Crippen LogP contribution in [0.4, 0.5) is 0 Å². The highest BCUT2D eigenvalue weighted by molar-refractivity contribution is 7.90. The maximum Gasteiger partial charge on any atom is 0.326 e. The van der Waals surface area contributed by atoms with E-state index in [1.807, 2.05) is 0 Å². The Morgan fingerprint density at radius 1 is 1.24 bits per heavy atom. The van der Waals surface area contributed by atoms with Crippen LogP contribution in [0.25, 0.3) is 0 Å². The van der Waals surface area contributed by atoms with E-state index in [1.54, 1.807) is 0 Å². The van der Waals surface area contributed by atoms with Gasteiger partial charge in [0.15, 0.2) is 9.84 Å². The zero-order valence-electron chi connectivity index (χ0n) is 11.3. The lowest BCUT2D eigenvalue weighted by Gasteiger charge is -2.21. The average Bonchev–Trinajstić information content (AvgIpc) is 2.79. The normalized spacial score (nSPS) is 22.3. The number of rotatable bonds is 3. The molecule has 0 spiro atoms. The molecule has 2 N–H and O–H groups in total. The molecule has 7 nitrogen and oxygen atoms in total. The summed E-state index contributed by atoms with van der Waals surface area (Å²) in [5.41, 5.74) is 0.183. The number of sulfone groups is 1. The fourth-order valence-corrected chi connectivity index (χ4v) is 2.91. The molecule has 0 unspecified atom stereocenters. The average molecular weight is 313 g/mol. The second-order valence-electron chi connectivity index (χ2n) is 5.00. The summed E-state index contributed by atoms with van der Waals surface area (Å²) in [7, 11) is -3.36. The van der Waals surface area contributed by atoms with E-state index in [1.165, 1.54) is 24.3 Å². The molecule has 1 aromatic carbocycles. The number of benzene rings is 1. The summed E-state index contributed by atoms with van der Waals surface area (Å²) >= 11 is 0. The fraction of sp³-hybridized carbons (Fsp3) is 0.385. The van der Waals surface area contributed by atoms with E-state index in [-0.39, 0.29) is 23.4 Å². The first kappa shape index (κ1) is 15.5. The number of carboxylic acids is 1. The Morgan fingerprint density at radius 2 is 1.81 bits per heavy atom. The number of likely N-dealkylation sites (tertiary alicyclic amines) is 1. The number of β-amino-alcohol motifs (C(OH)–C–C–N with tert-alkyl or cyclic N) is 1. The van der Waals surface area contributed by atoms with E-state index in [9.17, 15) is 23.1 Å². The number of nitrogens with zero attached hydrogens (tertiary/aromatic N) is 1. The number of amides is 1. The second kappa shape index (κ2) is 5.45. The summed E-state index contributed by atoms with van der Waals surface area (Å²) < 4.78 is 22.7. The zero-order chi connectivity index (χ0) is 15.8. The first-order valence-corrected chi connectivity index (χ1v) is 8.11. The third-order valence-corrected chi connectivity index (χ3v) is 4.48. The van der Waals surface area contributed by atoms with Crippen LogP contribution in [-0.4, -0.2) is 60.4 Å². The van der Waals surface area contributed by atoms with Gasteiger partial charge in [0.25, 0.3) is 5.91 Å². The van der Waals surface area contributed by atoms with Crippen molar-refractivity contribution >= 4 is 21.7 Å². The van der Waals surface area contributed by atoms with Crippen molar-refractivity contribution in [2.24, 2.45) is 0 Å². The van der Waals surface area contributed by atoms with Crippen LogP contribution in [0.5, 0.6) is 0 Å². The van der Waals surface area contributed by atoms with Crippen LogP contribution < -0.4 is 0 Å². The Balaban J connectivity index is 2.26. The minimum absolute atomic E-state index is 0.0114. The van der Waals surface area contributed by atoms with Crippen molar-refractivity contribution < 1.29 is 28.2 Å². The molecule has 0 radical (unpaired) electrons. The van der Waals surface area contributed by atoms with Gasteiger partial charge >= 0.3 is 5.97 Å². The molecule has 8 heteroatoms. The summed E-state index contributed by atoms with van der Waals surface area (Å²) in [6.07, 6.45) is 0.175. The molecule has 0 aromatic heterocycles. The van der Waals surface area contributed by atoms with Crippen LogP contribution >= 0.6 is 0 Å². The first-order chi connectivity index (χ1) is 9.70. The highest BCUT2D eigenvalue weighted by Crippen LogP contribution is 2.21. The summed E-state index contributed by atoms with van der Waals surface area (Å²) in [6.45, 7) is -0.0520. The predicted molar refractivity (Wildman–Crippen MR) is 72.6 cm³/mol. The number of hydrogen-bond donors (Lipinski definition) is 2. The van der Waals surface area contributed by atoms with E-state index >= 15 is 0 Å². The Bertz CT molecular complexity index is 666. The van der Waals surface area contributed by atoms with Gasteiger partial charge in [0.05, 0.1) is 11.0 Å². The molecular weight excluding hydrogens is 298 g/mol. The number of carbonyl (C=O) groups is 2. The van der Waals surface area contributed by atoms with E-state index < -0.39 is 33.9 Å². The van der Waals surface area contributed by atoms with Gasteiger partial charge in [-0.2, -0.15) is 0 Å². The standard InChI is InChI=1S/C13H15NO6S/c1-21(19,20)10-4-2-8(3-5-10)12(16)14-7-9(15)6-11(14)13(17)18/h2-5,9,11,15H,6-7H2,1H3,(H,17,18)/t9-,11+/m1/s1. The lowest BCUT2D eigenvalue weighted by molar-refractivity contribution is -0.141. The minimum atomic E-state index is -3.36. The van der Waals surface area contributed by atoms with E-state index in [0.717, 1.165) is 11.2 Å². The molecule has 0 saturated carbocycles. The van der Waals surface area contributed by atoms with Gasteiger partial charge < -0.3 is 15.1 Å². The Morgan fingerprint density at radius 3 is 2.29 bits per heavy atom. The Labute approximate surface area is 121 Å². The maximum absolute atomic E-state index is 12.3. The van der Waals surface area contributed by atoms with Gasteiger partial charge in [-0.1, -0.05) is 0 Å². The van der Waals surface area contributed by atoms with Crippen molar-refractivity contribution in [2.75, 3.05) is 12.8 Å². The van der Waals surface area contributed by atoms with Crippen LogP contribution in [0.3, 0.4) is 0 Å². The molecular formula is C13H15NO6S. The smallest absolute Gasteiger partial charge is 0.326 e. The Hall–Kier alpha value is -1.93. The van der Waals surface area contributed by atoms with Gasteiger partial charge in [-0.3, -0.25) is 4.79 Å². The van der Waals surface area contributed by atoms with Crippen LogP contribution in [0.1, 0.15) is 16.8 Å². The molecule has 0 bridgehead atoms. The van der Waals surface area contributed by atoms with Crippen molar-refractivity contribution in [3.8, 4) is 0 Å². The molecule has 1 aliphatic heterocycles. The molecule has 1 aromatic rings. The summed E-state index contributed by atoms with van der Waals surface area (Å²) in [5, 5.41) is 18.6. The second-order valence-corrected chi connectivity index (χ2v) is 7.01. The Kier molecular flexibility index (Phi) is 4.02. The maximum atomic E-state index is 12.3. The van der Waals surface area contributed by atoms with Crippen molar-refractivity contribution in [1.29, 1.82) is 0 Å². The third kappa shape index (κ3) is 3.22. The SMILES string of the molecule is CS(=O)(=O)c1ccc(C(=O)N2C[C@H](O)C[C@H]2C(=O)O)cc1.